The molecule has 0 aliphatic carbocycles. The van der Waals surface area contributed by atoms with E-state index in [9.17, 15) is 0 Å². The highest BCUT2D eigenvalue weighted by molar-refractivity contribution is 5.63. The molecule has 106 valence electrons. The third kappa shape index (κ3) is 2.91. The predicted molar refractivity (Wildman–Crippen MR) is 80.8 cm³/mol. The van der Waals surface area contributed by atoms with Crippen molar-refractivity contribution in [3.63, 3.8) is 0 Å². The average molecular weight is 280 g/mol. The topological polar surface area (TPSA) is 63.8 Å². The van der Waals surface area contributed by atoms with Crippen molar-refractivity contribution >= 4 is 5.82 Å². The van der Waals surface area contributed by atoms with Crippen molar-refractivity contribution < 1.29 is 4.52 Å². The van der Waals surface area contributed by atoms with Crippen molar-refractivity contribution in [1.29, 1.82) is 0 Å². The van der Waals surface area contributed by atoms with Gasteiger partial charge in [-0.25, -0.2) is 4.98 Å². The largest absolute Gasteiger partial charge is 0.365 e. The number of hydrogen-bond donors (Lipinski definition) is 1. The number of aryl methyl sites for hydroxylation is 1. The van der Waals surface area contributed by atoms with Crippen molar-refractivity contribution in [2.75, 3.05) is 5.32 Å². The molecule has 3 rings (SSSR count). The first-order chi connectivity index (χ1) is 10.2. The van der Waals surface area contributed by atoms with E-state index < -0.39 is 0 Å². The molecule has 2 heterocycles. The van der Waals surface area contributed by atoms with Gasteiger partial charge in [0, 0.05) is 30.1 Å². The van der Waals surface area contributed by atoms with Crippen LogP contribution in [0.3, 0.4) is 0 Å². The molecule has 21 heavy (non-hydrogen) atoms. The molecular formula is C16H16N4O. The number of nitrogens with one attached hydrogen (secondary N) is 1. The van der Waals surface area contributed by atoms with E-state index in [0.29, 0.717) is 6.54 Å². The Kier molecular flexibility index (Phi) is 3.64. The Morgan fingerprint density at radius 1 is 1.10 bits per heavy atom. The monoisotopic (exact) mass is 280 g/mol. The molecule has 1 N–H and O–H groups in total. The summed E-state index contributed by atoms with van der Waals surface area (Å²) in [4.78, 5) is 8.20. The Balaban J connectivity index is 1.71. The molecule has 5 heteroatoms. The standard InChI is InChI=1S/C16H16N4O/c1-11-12(2)21-20-16(11)14-5-3-13(4-6-14)9-19-15-10-17-7-8-18-15/h3-8,10H,9H2,1-2H3,(H,18,19). The zero-order valence-corrected chi connectivity index (χ0v) is 12.0. The molecule has 2 aromatic heterocycles. The zero-order chi connectivity index (χ0) is 14.7. The number of hydrogen-bond acceptors (Lipinski definition) is 5. The zero-order valence-electron chi connectivity index (χ0n) is 12.0. The summed E-state index contributed by atoms with van der Waals surface area (Å²) in [7, 11) is 0. The number of aromatic nitrogens is 3. The molecular weight excluding hydrogens is 264 g/mol. The van der Waals surface area contributed by atoms with E-state index in [1.807, 2.05) is 13.8 Å². The van der Waals surface area contributed by atoms with Gasteiger partial charge in [0.2, 0.25) is 0 Å². The van der Waals surface area contributed by atoms with Gasteiger partial charge >= 0.3 is 0 Å². The van der Waals surface area contributed by atoms with Crippen LogP contribution in [0.4, 0.5) is 5.82 Å². The van der Waals surface area contributed by atoms with E-state index in [2.05, 4.69) is 44.7 Å². The Bertz CT molecular complexity index is 720. The molecule has 0 unspecified atom stereocenters. The van der Waals surface area contributed by atoms with Gasteiger partial charge < -0.3 is 9.84 Å². The number of benzene rings is 1. The van der Waals surface area contributed by atoms with E-state index in [-0.39, 0.29) is 0 Å². The third-order valence-electron chi connectivity index (χ3n) is 3.42. The van der Waals surface area contributed by atoms with Crippen LogP contribution in [0.5, 0.6) is 0 Å². The molecule has 0 spiro atoms. The fourth-order valence-corrected chi connectivity index (χ4v) is 2.05. The fraction of sp³-hybridized carbons (Fsp3) is 0.188. The normalized spacial score (nSPS) is 10.6. The lowest BCUT2D eigenvalue weighted by Gasteiger charge is -2.05. The van der Waals surface area contributed by atoms with Crippen LogP contribution in [0.15, 0.2) is 47.4 Å². The third-order valence-corrected chi connectivity index (χ3v) is 3.42. The quantitative estimate of drug-likeness (QED) is 0.794. The SMILES string of the molecule is Cc1onc(-c2ccc(CNc3cnccn3)cc2)c1C. The summed E-state index contributed by atoms with van der Waals surface area (Å²) in [6.45, 7) is 4.64. The first kappa shape index (κ1) is 13.3. The van der Waals surface area contributed by atoms with Crippen molar-refractivity contribution in [3.8, 4) is 11.3 Å². The second-order valence-corrected chi connectivity index (χ2v) is 4.85. The number of rotatable bonds is 4. The Morgan fingerprint density at radius 3 is 2.52 bits per heavy atom. The Morgan fingerprint density at radius 2 is 1.90 bits per heavy atom. The maximum atomic E-state index is 5.21. The second-order valence-electron chi connectivity index (χ2n) is 4.85. The first-order valence-electron chi connectivity index (χ1n) is 6.76. The fourth-order valence-electron chi connectivity index (χ4n) is 2.05. The van der Waals surface area contributed by atoms with Gasteiger partial charge in [0.25, 0.3) is 0 Å². The van der Waals surface area contributed by atoms with Gasteiger partial charge in [0.05, 0.1) is 6.20 Å². The highest BCUT2D eigenvalue weighted by Crippen LogP contribution is 2.24. The predicted octanol–water partition coefficient (Wildman–Crippen LogP) is 3.36. The number of nitrogens with zero attached hydrogens (tertiary/aromatic N) is 3. The second kappa shape index (κ2) is 5.75. The van der Waals surface area contributed by atoms with Gasteiger partial charge in [-0.3, -0.25) is 4.98 Å². The summed E-state index contributed by atoms with van der Waals surface area (Å²) in [5.74, 6) is 1.63. The van der Waals surface area contributed by atoms with Crippen LogP contribution in [-0.2, 0) is 6.54 Å². The molecule has 0 aliphatic rings. The molecule has 0 saturated carbocycles. The van der Waals surface area contributed by atoms with E-state index in [1.54, 1.807) is 18.6 Å². The lowest BCUT2D eigenvalue weighted by atomic mass is 10.1. The summed E-state index contributed by atoms with van der Waals surface area (Å²) >= 11 is 0. The minimum Gasteiger partial charge on any atom is -0.365 e. The van der Waals surface area contributed by atoms with Crippen molar-refractivity contribution in [2.24, 2.45) is 0 Å². The molecule has 1 aromatic carbocycles. The summed E-state index contributed by atoms with van der Waals surface area (Å²) in [5, 5.41) is 7.33. The molecule has 0 saturated heterocycles. The van der Waals surface area contributed by atoms with Crippen LogP contribution in [0.2, 0.25) is 0 Å². The summed E-state index contributed by atoms with van der Waals surface area (Å²) in [6.07, 6.45) is 5.03. The summed E-state index contributed by atoms with van der Waals surface area (Å²) in [6, 6.07) is 8.25. The van der Waals surface area contributed by atoms with E-state index >= 15 is 0 Å². The molecule has 3 aromatic rings. The highest BCUT2D eigenvalue weighted by atomic mass is 16.5. The molecule has 0 aliphatic heterocycles. The van der Waals surface area contributed by atoms with Crippen LogP contribution in [-0.4, -0.2) is 15.1 Å². The number of anilines is 1. The van der Waals surface area contributed by atoms with Crippen molar-refractivity contribution in [3.05, 3.63) is 59.7 Å². The van der Waals surface area contributed by atoms with E-state index in [4.69, 9.17) is 4.52 Å². The van der Waals surface area contributed by atoms with Crippen LogP contribution in [0, 0.1) is 13.8 Å². The van der Waals surface area contributed by atoms with Gasteiger partial charge in [-0.2, -0.15) is 0 Å². The highest BCUT2D eigenvalue weighted by Gasteiger charge is 2.09. The lowest BCUT2D eigenvalue weighted by molar-refractivity contribution is 0.398. The van der Waals surface area contributed by atoms with Crippen molar-refractivity contribution in [1.82, 2.24) is 15.1 Å². The molecule has 0 amide bonds. The minimum atomic E-state index is 0.704. The van der Waals surface area contributed by atoms with Crippen LogP contribution in [0.25, 0.3) is 11.3 Å². The van der Waals surface area contributed by atoms with Gasteiger partial charge in [-0.05, 0) is 19.4 Å². The van der Waals surface area contributed by atoms with Gasteiger partial charge in [-0.15, -0.1) is 0 Å². The van der Waals surface area contributed by atoms with Gasteiger partial charge in [0.1, 0.15) is 17.3 Å². The summed E-state index contributed by atoms with van der Waals surface area (Å²) in [5.41, 5.74) is 4.22. The molecule has 0 radical (unpaired) electrons. The maximum absolute atomic E-state index is 5.21. The maximum Gasteiger partial charge on any atom is 0.144 e. The van der Waals surface area contributed by atoms with Crippen LogP contribution >= 0.6 is 0 Å². The van der Waals surface area contributed by atoms with Crippen molar-refractivity contribution in [2.45, 2.75) is 20.4 Å². The molecule has 5 nitrogen and oxygen atoms in total. The van der Waals surface area contributed by atoms with E-state index in [1.165, 1.54) is 5.56 Å². The molecule has 0 fully saturated rings. The lowest BCUT2D eigenvalue weighted by Crippen LogP contribution is -2.01. The smallest absolute Gasteiger partial charge is 0.144 e. The van der Waals surface area contributed by atoms with Crippen LogP contribution in [0.1, 0.15) is 16.9 Å². The Labute approximate surface area is 123 Å². The molecule has 0 bridgehead atoms. The first-order valence-corrected chi connectivity index (χ1v) is 6.76. The van der Waals surface area contributed by atoms with Gasteiger partial charge in [-0.1, -0.05) is 29.4 Å². The Hall–Kier alpha value is -2.69. The summed E-state index contributed by atoms with van der Waals surface area (Å²) < 4.78 is 5.21. The van der Waals surface area contributed by atoms with Gasteiger partial charge in [0.15, 0.2) is 0 Å². The minimum absolute atomic E-state index is 0.704. The van der Waals surface area contributed by atoms with Crippen LogP contribution < -0.4 is 5.32 Å². The van der Waals surface area contributed by atoms with E-state index in [0.717, 1.165) is 28.4 Å². The average Bonchev–Trinajstić information content (AvgIpc) is 2.87. The molecule has 0 atom stereocenters.